The maximum absolute atomic E-state index is 2.41. The van der Waals surface area contributed by atoms with Crippen molar-refractivity contribution in [3.63, 3.8) is 0 Å². The Labute approximate surface area is 277 Å². The number of hydrogen-bond donors (Lipinski definition) is 0. The van der Waals surface area contributed by atoms with Crippen LogP contribution in [0, 0.1) is 0 Å². The molecule has 0 amide bonds. The molecule has 2 aliphatic carbocycles. The molecule has 7 aromatic carbocycles. The molecule has 0 radical (unpaired) electrons. The van der Waals surface area contributed by atoms with Gasteiger partial charge >= 0.3 is 0 Å². The summed E-state index contributed by atoms with van der Waals surface area (Å²) in [6.45, 7) is 4.81. The van der Waals surface area contributed by atoms with Gasteiger partial charge in [-0.25, -0.2) is 0 Å². The summed E-state index contributed by atoms with van der Waals surface area (Å²) in [6, 6.07) is 64.8. The molecule has 0 atom stereocenters. The summed E-state index contributed by atoms with van der Waals surface area (Å²) in [6.07, 6.45) is 0. The Balaban J connectivity index is 1.33. The van der Waals surface area contributed by atoms with E-state index in [0.29, 0.717) is 0 Å². The minimum atomic E-state index is -0.485. The van der Waals surface area contributed by atoms with Crippen molar-refractivity contribution < 1.29 is 0 Å². The number of nitrogens with zero attached hydrogens (tertiary/aromatic N) is 1. The molecule has 0 fully saturated rings. The average molecular weight is 602 g/mol. The number of para-hydroxylation sites is 2. The highest BCUT2D eigenvalue weighted by Crippen LogP contribution is 2.61. The summed E-state index contributed by atoms with van der Waals surface area (Å²) in [7, 11) is 0. The molecule has 0 N–H and O–H groups in total. The highest BCUT2D eigenvalue weighted by Gasteiger charge is 2.50. The van der Waals surface area contributed by atoms with Crippen LogP contribution in [-0.4, -0.2) is 0 Å². The largest absolute Gasteiger partial charge is 0.311 e. The molecule has 0 saturated heterocycles. The van der Waals surface area contributed by atoms with E-state index in [0.717, 1.165) is 17.1 Å². The van der Waals surface area contributed by atoms with Crippen LogP contribution >= 0.6 is 0 Å². The highest BCUT2D eigenvalue weighted by molar-refractivity contribution is 5.90. The van der Waals surface area contributed by atoms with Crippen LogP contribution in [0.5, 0.6) is 0 Å². The van der Waals surface area contributed by atoms with E-state index >= 15 is 0 Å². The van der Waals surface area contributed by atoms with Gasteiger partial charge < -0.3 is 4.90 Å². The molecule has 0 aliphatic heterocycles. The molecule has 7 aromatic rings. The van der Waals surface area contributed by atoms with Crippen LogP contribution < -0.4 is 4.90 Å². The molecule has 1 heteroatoms. The number of rotatable bonds is 5. The van der Waals surface area contributed by atoms with E-state index in [1.165, 1.54) is 55.6 Å². The van der Waals surface area contributed by atoms with E-state index in [1.54, 1.807) is 0 Å². The van der Waals surface area contributed by atoms with Gasteiger partial charge in [0.15, 0.2) is 0 Å². The molecule has 0 heterocycles. The fourth-order valence-electron chi connectivity index (χ4n) is 8.61. The minimum absolute atomic E-state index is 0.153. The predicted octanol–water partition coefficient (Wildman–Crippen LogP) is 11.8. The lowest BCUT2D eigenvalue weighted by atomic mass is 9.63. The number of fused-ring (bicyclic) bond motifs is 6. The molecule has 0 aromatic heterocycles. The molecule has 0 bridgehead atoms. The summed E-state index contributed by atoms with van der Waals surface area (Å²) < 4.78 is 0. The molecular formula is C46H35N. The normalized spacial score (nSPS) is 14.5. The standard InChI is InChI=1S/C46H35N/c1-45(2)40-24-12-9-22-38(40)39-23-15-27-43(44(39)45)46(41-25-13-10-20-36(41)37-21-11-14-26-42(37)46)32-28-30-35(31-29-32)47(33-16-5-3-6-17-33)34-18-7-4-8-19-34/h3-31H,1-2H3. The Bertz CT molecular complexity index is 2180. The number of anilines is 3. The van der Waals surface area contributed by atoms with Gasteiger partial charge in [-0.05, 0) is 92.0 Å². The lowest BCUT2D eigenvalue weighted by Crippen LogP contribution is -2.32. The quantitative estimate of drug-likeness (QED) is 0.190. The molecule has 0 spiro atoms. The van der Waals surface area contributed by atoms with Crippen molar-refractivity contribution >= 4 is 17.1 Å². The van der Waals surface area contributed by atoms with Gasteiger partial charge in [0.25, 0.3) is 0 Å². The zero-order valence-electron chi connectivity index (χ0n) is 26.7. The predicted molar refractivity (Wildman–Crippen MR) is 196 cm³/mol. The van der Waals surface area contributed by atoms with Gasteiger partial charge in [-0.2, -0.15) is 0 Å². The van der Waals surface area contributed by atoms with E-state index in [1.807, 2.05) is 0 Å². The molecule has 9 rings (SSSR count). The summed E-state index contributed by atoms with van der Waals surface area (Å²) in [4.78, 5) is 2.34. The van der Waals surface area contributed by atoms with Gasteiger partial charge in [-0.1, -0.05) is 153 Å². The van der Waals surface area contributed by atoms with Gasteiger partial charge in [-0.3, -0.25) is 0 Å². The monoisotopic (exact) mass is 601 g/mol. The second kappa shape index (κ2) is 10.4. The van der Waals surface area contributed by atoms with E-state index in [9.17, 15) is 0 Å². The molecule has 2 aliphatic rings. The second-order valence-corrected chi connectivity index (χ2v) is 13.3. The maximum Gasteiger partial charge on any atom is 0.0716 e. The third-order valence-electron chi connectivity index (χ3n) is 10.5. The van der Waals surface area contributed by atoms with E-state index in [-0.39, 0.29) is 5.41 Å². The fraction of sp³-hybridized carbons (Fsp3) is 0.0870. The van der Waals surface area contributed by atoms with Gasteiger partial charge in [0.05, 0.1) is 5.41 Å². The molecule has 0 saturated carbocycles. The number of hydrogen-bond acceptors (Lipinski definition) is 1. The van der Waals surface area contributed by atoms with Crippen LogP contribution in [0.4, 0.5) is 17.1 Å². The van der Waals surface area contributed by atoms with Crippen molar-refractivity contribution in [2.24, 2.45) is 0 Å². The van der Waals surface area contributed by atoms with Gasteiger partial charge in [0.2, 0.25) is 0 Å². The van der Waals surface area contributed by atoms with E-state index in [2.05, 4.69) is 195 Å². The molecule has 1 nitrogen and oxygen atoms in total. The van der Waals surface area contributed by atoms with Crippen LogP contribution in [0.2, 0.25) is 0 Å². The number of benzene rings is 7. The van der Waals surface area contributed by atoms with E-state index < -0.39 is 5.41 Å². The Kier molecular flexibility index (Phi) is 6.14. The summed E-state index contributed by atoms with van der Waals surface area (Å²) in [5.74, 6) is 0. The molecule has 0 unspecified atom stereocenters. The Morgan fingerprint density at radius 2 is 0.745 bits per heavy atom. The molecule has 47 heavy (non-hydrogen) atoms. The van der Waals surface area contributed by atoms with Gasteiger partial charge in [-0.15, -0.1) is 0 Å². The van der Waals surface area contributed by atoms with Gasteiger partial charge in [0, 0.05) is 22.5 Å². The third kappa shape index (κ3) is 3.90. The Morgan fingerprint density at radius 3 is 1.30 bits per heavy atom. The third-order valence-corrected chi connectivity index (χ3v) is 10.5. The van der Waals surface area contributed by atoms with Crippen LogP contribution in [0.15, 0.2) is 176 Å². The van der Waals surface area contributed by atoms with Crippen molar-refractivity contribution in [3.05, 3.63) is 209 Å². The van der Waals surface area contributed by atoms with Crippen LogP contribution in [-0.2, 0) is 10.8 Å². The van der Waals surface area contributed by atoms with Crippen molar-refractivity contribution in [1.29, 1.82) is 0 Å². The zero-order chi connectivity index (χ0) is 31.6. The lowest BCUT2D eigenvalue weighted by Gasteiger charge is -2.38. The van der Waals surface area contributed by atoms with Crippen molar-refractivity contribution in [3.8, 4) is 22.3 Å². The highest BCUT2D eigenvalue weighted by atomic mass is 15.1. The summed E-state index contributed by atoms with van der Waals surface area (Å²) in [5, 5.41) is 0. The first-order valence-corrected chi connectivity index (χ1v) is 16.5. The first-order chi connectivity index (χ1) is 23.1. The second-order valence-electron chi connectivity index (χ2n) is 13.3. The average Bonchev–Trinajstić information content (AvgIpc) is 3.56. The van der Waals surface area contributed by atoms with Crippen molar-refractivity contribution in [2.75, 3.05) is 4.90 Å². The summed E-state index contributed by atoms with van der Waals surface area (Å²) in [5.41, 5.74) is 16.2. The Morgan fingerprint density at radius 1 is 0.340 bits per heavy atom. The minimum Gasteiger partial charge on any atom is -0.311 e. The van der Waals surface area contributed by atoms with Crippen molar-refractivity contribution in [2.45, 2.75) is 24.7 Å². The molecular weight excluding hydrogens is 567 g/mol. The fourth-order valence-corrected chi connectivity index (χ4v) is 8.61. The molecule has 224 valence electrons. The smallest absolute Gasteiger partial charge is 0.0716 e. The van der Waals surface area contributed by atoms with Crippen LogP contribution in [0.3, 0.4) is 0 Å². The topological polar surface area (TPSA) is 3.24 Å². The van der Waals surface area contributed by atoms with Crippen molar-refractivity contribution in [1.82, 2.24) is 0 Å². The first-order valence-electron chi connectivity index (χ1n) is 16.5. The zero-order valence-corrected chi connectivity index (χ0v) is 26.7. The lowest BCUT2D eigenvalue weighted by molar-refractivity contribution is 0.631. The SMILES string of the molecule is CC1(C)c2ccccc2-c2cccc(C3(c4ccc(N(c5ccccc5)c5ccccc5)cc4)c4ccccc4-c4ccccc43)c21. The van der Waals surface area contributed by atoms with Crippen LogP contribution in [0.25, 0.3) is 22.3 Å². The summed E-state index contributed by atoms with van der Waals surface area (Å²) >= 11 is 0. The maximum atomic E-state index is 2.41. The van der Waals surface area contributed by atoms with Gasteiger partial charge in [0.1, 0.15) is 0 Å². The van der Waals surface area contributed by atoms with E-state index in [4.69, 9.17) is 0 Å². The Hall–Kier alpha value is -5.66. The first kappa shape index (κ1) is 27.6. The van der Waals surface area contributed by atoms with Crippen LogP contribution in [0.1, 0.15) is 47.2 Å².